The van der Waals surface area contributed by atoms with E-state index < -0.39 is 16.1 Å². The molecule has 6 heteroatoms. The highest BCUT2D eigenvalue weighted by Crippen LogP contribution is 2.61. The van der Waals surface area contributed by atoms with Crippen molar-refractivity contribution in [3.63, 3.8) is 0 Å². The molecule has 4 rings (SSSR count). The minimum Gasteiger partial charge on any atom is -0.352 e. The molecular weight excluding hydrogens is 300 g/mol. The molecule has 4 aliphatic rings. The second-order valence-electron chi connectivity index (χ2n) is 8.12. The van der Waals surface area contributed by atoms with Gasteiger partial charge in [-0.05, 0) is 75.5 Å². The van der Waals surface area contributed by atoms with Gasteiger partial charge < -0.3 is 5.32 Å². The van der Waals surface area contributed by atoms with Crippen LogP contribution in [0.25, 0.3) is 0 Å². The molecule has 0 saturated heterocycles. The van der Waals surface area contributed by atoms with E-state index in [1.54, 1.807) is 6.92 Å². The molecule has 2 atom stereocenters. The largest absolute Gasteiger partial charge is 0.352 e. The van der Waals surface area contributed by atoms with E-state index in [1.807, 2.05) is 0 Å². The third kappa shape index (κ3) is 3.18. The molecule has 0 aromatic carbocycles. The lowest BCUT2D eigenvalue weighted by Gasteiger charge is -2.59. The summed E-state index contributed by atoms with van der Waals surface area (Å²) >= 11 is 0. The van der Waals surface area contributed by atoms with Crippen LogP contribution in [0.15, 0.2) is 0 Å². The Morgan fingerprint density at radius 2 is 1.50 bits per heavy atom. The smallest absolute Gasteiger partial charge is 0.238 e. The lowest BCUT2D eigenvalue weighted by molar-refractivity contribution is -0.127. The molecule has 0 aromatic heterocycles. The van der Waals surface area contributed by atoms with Gasteiger partial charge in [0.1, 0.15) is 0 Å². The fourth-order valence-electron chi connectivity index (χ4n) is 5.57. The maximum absolute atomic E-state index is 12.3. The summed E-state index contributed by atoms with van der Waals surface area (Å²) in [5.74, 6) is 2.32. The van der Waals surface area contributed by atoms with Crippen LogP contribution < -0.4 is 10.0 Å². The van der Waals surface area contributed by atoms with Crippen LogP contribution in [0, 0.1) is 23.2 Å². The molecule has 4 fully saturated rings. The molecule has 0 aromatic rings. The summed E-state index contributed by atoms with van der Waals surface area (Å²) in [6.45, 7) is 3.71. The van der Waals surface area contributed by atoms with Gasteiger partial charge in [0, 0.05) is 6.04 Å². The van der Waals surface area contributed by atoms with Crippen molar-refractivity contribution in [2.75, 3.05) is 6.26 Å². The maximum atomic E-state index is 12.3. The Bertz CT molecular complexity index is 522. The maximum Gasteiger partial charge on any atom is 0.238 e. The Morgan fingerprint density at radius 3 is 1.91 bits per heavy atom. The summed E-state index contributed by atoms with van der Waals surface area (Å²) < 4.78 is 24.9. The summed E-state index contributed by atoms with van der Waals surface area (Å²) in [7, 11) is -3.36. The van der Waals surface area contributed by atoms with Gasteiger partial charge in [-0.25, -0.2) is 13.1 Å². The quantitative estimate of drug-likeness (QED) is 0.806. The number of amides is 1. The molecule has 126 valence electrons. The van der Waals surface area contributed by atoms with Gasteiger partial charge >= 0.3 is 0 Å². The lowest BCUT2D eigenvalue weighted by Crippen LogP contribution is -2.58. The van der Waals surface area contributed by atoms with E-state index >= 15 is 0 Å². The second kappa shape index (κ2) is 5.48. The number of carbonyl (C=O) groups excluding carboxylic acids is 1. The van der Waals surface area contributed by atoms with Gasteiger partial charge in [0.15, 0.2) is 0 Å². The molecule has 4 aliphatic carbocycles. The first-order chi connectivity index (χ1) is 10.2. The van der Waals surface area contributed by atoms with Crippen molar-refractivity contribution in [2.45, 2.75) is 64.5 Å². The summed E-state index contributed by atoms with van der Waals surface area (Å²) in [4.78, 5) is 12.3. The topological polar surface area (TPSA) is 75.3 Å². The number of carbonyl (C=O) groups is 1. The van der Waals surface area contributed by atoms with Gasteiger partial charge in [0.05, 0.1) is 12.3 Å². The third-order valence-electron chi connectivity index (χ3n) is 6.15. The van der Waals surface area contributed by atoms with Crippen LogP contribution in [0.1, 0.15) is 52.4 Å². The predicted octanol–water partition coefficient (Wildman–Crippen LogP) is 1.65. The van der Waals surface area contributed by atoms with Gasteiger partial charge in [0.25, 0.3) is 0 Å². The van der Waals surface area contributed by atoms with Gasteiger partial charge in [-0.15, -0.1) is 0 Å². The Labute approximate surface area is 133 Å². The number of nitrogens with one attached hydrogen (secondary N) is 2. The summed E-state index contributed by atoms with van der Waals surface area (Å²) in [6.07, 6.45) is 8.92. The van der Waals surface area contributed by atoms with E-state index in [0.29, 0.717) is 0 Å². The van der Waals surface area contributed by atoms with Crippen LogP contribution in [0.2, 0.25) is 0 Å². The van der Waals surface area contributed by atoms with Gasteiger partial charge in [-0.2, -0.15) is 0 Å². The Kier molecular flexibility index (Phi) is 4.05. The monoisotopic (exact) mass is 328 g/mol. The SMILES string of the molecule is C[C@H](NS(C)(=O)=O)C(=O)N[C@@H](C)C12CC3CC(CC(C3)C1)C2. The Balaban J connectivity index is 1.64. The van der Waals surface area contributed by atoms with Gasteiger partial charge in [0.2, 0.25) is 15.9 Å². The first kappa shape index (κ1) is 16.2. The zero-order valence-corrected chi connectivity index (χ0v) is 14.6. The van der Waals surface area contributed by atoms with Crippen LogP contribution in [0.4, 0.5) is 0 Å². The average Bonchev–Trinajstić information content (AvgIpc) is 2.34. The number of rotatable bonds is 5. The van der Waals surface area contributed by atoms with Crippen LogP contribution in [0.3, 0.4) is 0 Å². The molecular formula is C16H28N2O3S. The minimum atomic E-state index is -3.36. The summed E-state index contributed by atoms with van der Waals surface area (Å²) in [5.41, 5.74) is 0.245. The summed E-state index contributed by atoms with van der Waals surface area (Å²) in [5, 5.41) is 3.09. The molecule has 22 heavy (non-hydrogen) atoms. The van der Waals surface area contributed by atoms with E-state index in [4.69, 9.17) is 0 Å². The highest BCUT2D eigenvalue weighted by Gasteiger charge is 2.53. The fourth-order valence-corrected chi connectivity index (χ4v) is 6.32. The van der Waals surface area contributed by atoms with Gasteiger partial charge in [-0.1, -0.05) is 0 Å². The standard InChI is InChI=1S/C16H28N2O3S/c1-10(18-22(3,20)21)15(19)17-11(2)16-7-12-4-13(8-16)6-14(5-12)9-16/h10-14,18H,4-9H2,1-3H3,(H,17,19)/t10-,11-,12?,13?,14?,16?/m0/s1. The van der Waals surface area contributed by atoms with Crippen molar-refractivity contribution in [2.24, 2.45) is 23.2 Å². The average molecular weight is 328 g/mol. The normalized spacial score (nSPS) is 39.5. The second-order valence-corrected chi connectivity index (χ2v) is 9.90. The highest BCUT2D eigenvalue weighted by atomic mass is 32.2. The zero-order valence-electron chi connectivity index (χ0n) is 13.8. The number of sulfonamides is 1. The van der Waals surface area contributed by atoms with Crippen molar-refractivity contribution in [1.82, 2.24) is 10.0 Å². The van der Waals surface area contributed by atoms with E-state index in [0.717, 1.165) is 24.0 Å². The van der Waals surface area contributed by atoms with Crippen LogP contribution >= 0.6 is 0 Å². The van der Waals surface area contributed by atoms with E-state index in [1.165, 1.54) is 38.5 Å². The molecule has 0 unspecified atom stereocenters. The molecule has 4 bridgehead atoms. The van der Waals surface area contributed by atoms with Crippen LogP contribution in [-0.2, 0) is 14.8 Å². The lowest BCUT2D eigenvalue weighted by atomic mass is 9.48. The van der Waals surface area contributed by atoms with Crippen molar-refractivity contribution in [3.05, 3.63) is 0 Å². The number of hydrogen-bond acceptors (Lipinski definition) is 3. The fraction of sp³-hybridized carbons (Fsp3) is 0.938. The molecule has 0 aliphatic heterocycles. The predicted molar refractivity (Wildman–Crippen MR) is 85.7 cm³/mol. The molecule has 0 radical (unpaired) electrons. The molecule has 0 spiro atoms. The van der Waals surface area contributed by atoms with Crippen molar-refractivity contribution < 1.29 is 13.2 Å². The highest BCUT2D eigenvalue weighted by molar-refractivity contribution is 7.88. The van der Waals surface area contributed by atoms with Crippen molar-refractivity contribution in [1.29, 1.82) is 0 Å². The van der Waals surface area contributed by atoms with Crippen LogP contribution in [0.5, 0.6) is 0 Å². The first-order valence-electron chi connectivity index (χ1n) is 8.44. The molecule has 1 amide bonds. The Morgan fingerprint density at radius 1 is 1.05 bits per heavy atom. The van der Waals surface area contributed by atoms with Crippen LogP contribution in [-0.4, -0.2) is 32.7 Å². The molecule has 2 N–H and O–H groups in total. The minimum absolute atomic E-state index is 0.122. The molecule has 5 nitrogen and oxygen atoms in total. The molecule has 0 heterocycles. The first-order valence-corrected chi connectivity index (χ1v) is 10.3. The third-order valence-corrected chi connectivity index (χ3v) is 6.93. The van der Waals surface area contributed by atoms with E-state index in [9.17, 15) is 13.2 Å². The Hall–Kier alpha value is -0.620. The van der Waals surface area contributed by atoms with E-state index in [2.05, 4.69) is 17.0 Å². The van der Waals surface area contributed by atoms with Crippen molar-refractivity contribution >= 4 is 15.9 Å². The number of hydrogen-bond donors (Lipinski definition) is 2. The summed E-state index contributed by atoms with van der Waals surface area (Å²) in [6, 6.07) is -0.594. The van der Waals surface area contributed by atoms with E-state index in [-0.39, 0.29) is 17.4 Å². The van der Waals surface area contributed by atoms with Crippen molar-refractivity contribution in [3.8, 4) is 0 Å². The van der Waals surface area contributed by atoms with Gasteiger partial charge in [-0.3, -0.25) is 4.79 Å². The zero-order chi connectivity index (χ0) is 16.1. The molecule has 4 saturated carbocycles.